The Kier molecular flexibility index (Phi) is 3.87. The summed E-state index contributed by atoms with van der Waals surface area (Å²) in [5.41, 5.74) is -4.93. The average Bonchev–Trinajstić information content (AvgIpc) is 2.70. The van der Waals surface area contributed by atoms with Crippen LogP contribution in [0.25, 0.3) is 0 Å². The van der Waals surface area contributed by atoms with Crippen molar-refractivity contribution >= 4 is 21.4 Å². The minimum Gasteiger partial charge on any atom is -0.374 e. The third-order valence-electron chi connectivity index (χ3n) is 3.24. The summed E-state index contributed by atoms with van der Waals surface area (Å²) in [6.45, 7) is 0.594. The second-order valence-corrected chi connectivity index (χ2v) is 6.66. The highest BCUT2D eigenvalue weighted by Crippen LogP contribution is 2.30. The van der Waals surface area contributed by atoms with Crippen LogP contribution in [0.3, 0.4) is 0 Å². The molecule has 0 aromatic heterocycles. The molecule has 1 aromatic carbocycles. The lowest BCUT2D eigenvalue weighted by molar-refractivity contribution is -0.127. The number of hydrogen-bond donors (Lipinski definition) is 1. The number of sulfone groups is 1. The predicted molar refractivity (Wildman–Crippen MR) is 69.3 cm³/mol. The Morgan fingerprint density at radius 2 is 1.81 bits per heavy atom. The highest BCUT2D eigenvalue weighted by Gasteiger charge is 2.46. The molecule has 1 saturated heterocycles. The molecular weight excluding hydrogens is 309 g/mol. The molecule has 0 saturated carbocycles. The summed E-state index contributed by atoms with van der Waals surface area (Å²) < 4.78 is 59.6. The number of hydrogen-bond acceptors (Lipinski definition) is 4. The number of anilines is 1. The first-order valence-electron chi connectivity index (χ1n) is 6.06. The van der Waals surface area contributed by atoms with Crippen LogP contribution in [0.4, 0.5) is 18.9 Å². The quantitative estimate of drug-likeness (QED) is 0.918. The van der Waals surface area contributed by atoms with Crippen LogP contribution in [0.15, 0.2) is 29.2 Å². The SMILES string of the molecule is CN1CCC(Nc2ccc(S(=O)(=O)C(F)(F)F)cc2)C1=O. The van der Waals surface area contributed by atoms with Crippen LogP contribution in [0, 0.1) is 0 Å². The van der Waals surface area contributed by atoms with Gasteiger partial charge in [0.15, 0.2) is 0 Å². The zero-order valence-electron chi connectivity index (χ0n) is 11.0. The van der Waals surface area contributed by atoms with Crippen molar-refractivity contribution in [2.24, 2.45) is 0 Å². The number of amides is 1. The summed E-state index contributed by atoms with van der Waals surface area (Å²) in [6.07, 6.45) is 0.581. The van der Waals surface area contributed by atoms with Crippen LogP contribution in [-0.2, 0) is 14.6 Å². The van der Waals surface area contributed by atoms with E-state index in [-0.39, 0.29) is 5.91 Å². The summed E-state index contributed by atoms with van der Waals surface area (Å²) in [5.74, 6) is -0.109. The lowest BCUT2D eigenvalue weighted by Gasteiger charge is -2.14. The molecule has 5 nitrogen and oxygen atoms in total. The molecule has 1 N–H and O–H groups in total. The molecule has 1 amide bonds. The Bertz CT molecular complexity index is 641. The predicted octanol–water partition coefficient (Wildman–Crippen LogP) is 1.62. The second-order valence-electron chi connectivity index (χ2n) is 4.72. The van der Waals surface area contributed by atoms with Gasteiger partial charge in [-0.25, -0.2) is 8.42 Å². The van der Waals surface area contributed by atoms with E-state index in [0.717, 1.165) is 12.1 Å². The van der Waals surface area contributed by atoms with Gasteiger partial charge in [-0.2, -0.15) is 13.2 Å². The van der Waals surface area contributed by atoms with E-state index >= 15 is 0 Å². The Balaban J connectivity index is 2.15. The van der Waals surface area contributed by atoms with Crippen molar-refractivity contribution in [2.45, 2.75) is 22.9 Å². The van der Waals surface area contributed by atoms with Crippen molar-refractivity contribution in [3.63, 3.8) is 0 Å². The molecule has 0 spiro atoms. The molecule has 0 radical (unpaired) electrons. The monoisotopic (exact) mass is 322 g/mol. The molecule has 1 fully saturated rings. The summed E-state index contributed by atoms with van der Waals surface area (Å²) in [4.78, 5) is 12.4. The summed E-state index contributed by atoms with van der Waals surface area (Å²) in [7, 11) is -3.69. The number of likely N-dealkylation sites (N-methyl/N-ethyl adjacent to an activating group) is 1. The fraction of sp³-hybridized carbons (Fsp3) is 0.417. The number of nitrogens with zero attached hydrogens (tertiary/aromatic N) is 1. The average molecular weight is 322 g/mol. The van der Waals surface area contributed by atoms with E-state index in [1.165, 1.54) is 12.1 Å². The first kappa shape index (κ1) is 15.6. The maximum absolute atomic E-state index is 12.4. The van der Waals surface area contributed by atoms with Crippen LogP contribution in [0.1, 0.15) is 6.42 Å². The highest BCUT2D eigenvalue weighted by atomic mass is 32.2. The fourth-order valence-corrected chi connectivity index (χ4v) is 2.78. The molecule has 1 aliphatic rings. The maximum atomic E-state index is 12.4. The molecule has 1 aliphatic heterocycles. The molecule has 1 heterocycles. The van der Waals surface area contributed by atoms with Gasteiger partial charge in [0.2, 0.25) is 5.91 Å². The number of alkyl halides is 3. The van der Waals surface area contributed by atoms with E-state index in [2.05, 4.69) is 5.32 Å². The number of nitrogens with one attached hydrogen (secondary N) is 1. The molecule has 21 heavy (non-hydrogen) atoms. The number of benzene rings is 1. The van der Waals surface area contributed by atoms with Crippen LogP contribution in [0.2, 0.25) is 0 Å². The zero-order chi connectivity index (χ0) is 15.8. The molecular formula is C12H13F3N2O3S. The van der Waals surface area contributed by atoms with Gasteiger partial charge in [-0.15, -0.1) is 0 Å². The Morgan fingerprint density at radius 3 is 2.24 bits per heavy atom. The van der Waals surface area contributed by atoms with Gasteiger partial charge in [0.05, 0.1) is 4.90 Å². The van der Waals surface area contributed by atoms with Gasteiger partial charge in [0.1, 0.15) is 6.04 Å². The number of likely N-dealkylation sites (tertiary alicyclic amines) is 1. The Hall–Kier alpha value is -1.77. The Labute approximate surface area is 119 Å². The van der Waals surface area contributed by atoms with E-state index < -0.39 is 26.3 Å². The van der Waals surface area contributed by atoms with E-state index in [1.54, 1.807) is 11.9 Å². The van der Waals surface area contributed by atoms with Crippen molar-refractivity contribution in [1.82, 2.24) is 4.90 Å². The molecule has 0 bridgehead atoms. The Morgan fingerprint density at radius 1 is 1.24 bits per heavy atom. The minimum absolute atomic E-state index is 0.109. The molecule has 116 valence electrons. The van der Waals surface area contributed by atoms with Crippen molar-refractivity contribution in [3.8, 4) is 0 Å². The fourth-order valence-electron chi connectivity index (χ4n) is 2.02. The topological polar surface area (TPSA) is 66.5 Å². The molecule has 1 unspecified atom stereocenters. The maximum Gasteiger partial charge on any atom is 0.501 e. The van der Waals surface area contributed by atoms with Crippen molar-refractivity contribution < 1.29 is 26.4 Å². The van der Waals surface area contributed by atoms with Crippen molar-refractivity contribution in [1.29, 1.82) is 0 Å². The number of carbonyl (C=O) groups excluding carboxylic acids is 1. The first-order chi connectivity index (χ1) is 9.63. The minimum atomic E-state index is -5.34. The second kappa shape index (κ2) is 5.21. The van der Waals surface area contributed by atoms with Gasteiger partial charge >= 0.3 is 5.51 Å². The number of halogens is 3. The van der Waals surface area contributed by atoms with Gasteiger partial charge in [-0.3, -0.25) is 4.79 Å². The van der Waals surface area contributed by atoms with Crippen LogP contribution in [0.5, 0.6) is 0 Å². The van der Waals surface area contributed by atoms with Crippen molar-refractivity contribution in [2.75, 3.05) is 18.9 Å². The normalized spacial score (nSPS) is 19.9. The molecule has 0 aliphatic carbocycles. The summed E-state index contributed by atoms with van der Waals surface area (Å²) in [6, 6.07) is 3.72. The lowest BCUT2D eigenvalue weighted by atomic mass is 10.2. The van der Waals surface area contributed by atoms with Crippen LogP contribution >= 0.6 is 0 Å². The summed E-state index contributed by atoms with van der Waals surface area (Å²) in [5, 5.41) is 2.87. The number of rotatable bonds is 3. The molecule has 1 atom stereocenters. The standard InChI is InChI=1S/C12H13F3N2O3S/c1-17-7-6-10(11(17)18)16-8-2-4-9(5-3-8)21(19,20)12(13,14)15/h2-5,10,16H,6-7H2,1H3. The van der Waals surface area contributed by atoms with Crippen LogP contribution < -0.4 is 5.32 Å². The van der Waals surface area contributed by atoms with Gasteiger partial charge < -0.3 is 10.2 Å². The van der Waals surface area contributed by atoms with Gasteiger partial charge in [-0.1, -0.05) is 0 Å². The smallest absolute Gasteiger partial charge is 0.374 e. The van der Waals surface area contributed by atoms with E-state index in [4.69, 9.17) is 0 Å². The third kappa shape index (κ3) is 2.97. The molecule has 9 heteroatoms. The molecule has 1 aromatic rings. The van der Waals surface area contributed by atoms with Gasteiger partial charge in [-0.05, 0) is 30.7 Å². The molecule has 2 rings (SSSR count). The largest absolute Gasteiger partial charge is 0.501 e. The zero-order valence-corrected chi connectivity index (χ0v) is 11.8. The van der Waals surface area contributed by atoms with E-state index in [9.17, 15) is 26.4 Å². The first-order valence-corrected chi connectivity index (χ1v) is 7.54. The third-order valence-corrected chi connectivity index (χ3v) is 4.74. The van der Waals surface area contributed by atoms with E-state index in [1.807, 2.05) is 0 Å². The van der Waals surface area contributed by atoms with Gasteiger partial charge in [0.25, 0.3) is 9.84 Å². The van der Waals surface area contributed by atoms with Crippen LogP contribution in [-0.4, -0.2) is 44.4 Å². The van der Waals surface area contributed by atoms with Gasteiger partial charge in [0, 0.05) is 19.3 Å². The van der Waals surface area contributed by atoms with Crippen molar-refractivity contribution in [3.05, 3.63) is 24.3 Å². The summed E-state index contributed by atoms with van der Waals surface area (Å²) >= 11 is 0. The number of carbonyl (C=O) groups is 1. The van der Waals surface area contributed by atoms with E-state index in [0.29, 0.717) is 18.7 Å². The highest BCUT2D eigenvalue weighted by molar-refractivity contribution is 7.92. The lowest BCUT2D eigenvalue weighted by Crippen LogP contribution is -2.30.